The third-order valence-electron chi connectivity index (χ3n) is 1.80. The zero-order chi connectivity index (χ0) is 9.97. The molecule has 1 aromatic heterocycles. The summed E-state index contributed by atoms with van der Waals surface area (Å²) in [5.74, 6) is 0. The van der Waals surface area contributed by atoms with Gasteiger partial charge in [-0.1, -0.05) is 30.3 Å². The summed E-state index contributed by atoms with van der Waals surface area (Å²) in [4.78, 5) is 10.7. The molecule has 0 saturated heterocycles. The number of rotatable bonds is 2. The Morgan fingerprint density at radius 1 is 1.36 bits per heavy atom. The molecule has 70 valence electrons. The Balaban J connectivity index is 2.57. The van der Waals surface area contributed by atoms with Crippen LogP contribution in [0.3, 0.4) is 0 Å². The molecule has 5 heteroatoms. The van der Waals surface area contributed by atoms with Gasteiger partial charge in [0.2, 0.25) is 0 Å². The van der Waals surface area contributed by atoms with Gasteiger partial charge in [0, 0.05) is 10.7 Å². The standard InChI is InChI=1S/C9H6N2O3/c12-6-8-9(10-14-11(8)13)7-4-2-1-3-5-7/h1-6H/i10+1,11+1. The predicted molar refractivity (Wildman–Crippen MR) is 46.3 cm³/mol. The lowest BCUT2D eigenvalue weighted by atomic mass is 10.1. The van der Waals surface area contributed by atoms with E-state index in [1.165, 1.54) is 0 Å². The van der Waals surface area contributed by atoms with Crippen LogP contribution in [-0.2, 0) is 0 Å². The van der Waals surface area contributed by atoms with Gasteiger partial charge in [-0.25, -0.2) is 0 Å². The molecule has 0 radical (unpaired) electrons. The number of aldehydes is 1. The van der Waals surface area contributed by atoms with Gasteiger partial charge in [-0.05, 0) is 4.90 Å². The minimum Gasteiger partial charge on any atom is -0.359 e. The highest BCUT2D eigenvalue weighted by molar-refractivity contribution is 5.80. The number of hydrogen-bond donors (Lipinski definition) is 0. The van der Waals surface area contributed by atoms with Gasteiger partial charge in [-0.3, -0.25) is 9.42 Å². The van der Waals surface area contributed by atoms with Crippen LogP contribution >= 0.6 is 0 Å². The highest BCUT2D eigenvalue weighted by atomic mass is 17.1. The van der Waals surface area contributed by atoms with Crippen LogP contribution in [0.2, 0.25) is 0 Å². The summed E-state index contributed by atoms with van der Waals surface area (Å²) in [6, 6.07) is 8.88. The van der Waals surface area contributed by atoms with Gasteiger partial charge in [0.05, 0.1) is 0 Å². The molecule has 0 aliphatic rings. The fourth-order valence-electron chi connectivity index (χ4n) is 1.15. The van der Waals surface area contributed by atoms with Crippen LogP contribution in [0.15, 0.2) is 35.0 Å². The summed E-state index contributed by atoms with van der Waals surface area (Å²) in [5.41, 5.74) is 0.819. The topological polar surface area (TPSA) is 70.0 Å². The SMILES string of the molecule is O=Cc1c(-c2ccccc2)[15n]o[15n+]1[O-]. The molecule has 14 heavy (non-hydrogen) atoms. The summed E-state index contributed by atoms with van der Waals surface area (Å²) >= 11 is 0. The Morgan fingerprint density at radius 3 is 2.71 bits per heavy atom. The molecular weight excluding hydrogens is 186 g/mol. The van der Waals surface area contributed by atoms with Crippen LogP contribution in [0.5, 0.6) is 0 Å². The van der Waals surface area contributed by atoms with Crippen molar-refractivity contribution in [2.75, 3.05) is 0 Å². The zero-order valence-corrected chi connectivity index (χ0v) is 7.08. The van der Waals surface area contributed by atoms with Gasteiger partial charge in [0.15, 0.2) is 6.29 Å². The quantitative estimate of drug-likeness (QED) is 0.521. The van der Waals surface area contributed by atoms with E-state index in [1.54, 1.807) is 24.3 Å². The first-order valence-corrected chi connectivity index (χ1v) is 3.93. The van der Waals surface area contributed by atoms with E-state index >= 15 is 0 Å². The second kappa shape index (κ2) is 3.29. The summed E-state index contributed by atoms with van der Waals surface area (Å²) in [6.07, 6.45) is 0.422. The molecule has 0 spiro atoms. The summed E-state index contributed by atoms with van der Waals surface area (Å²) in [6.45, 7) is 0. The molecule has 2 rings (SSSR count). The number of nitrogens with zero attached hydrogens (tertiary/aromatic N) is 2. The minimum absolute atomic E-state index is 0.0926. The van der Waals surface area contributed by atoms with Gasteiger partial charge in [-0.2, -0.15) is 0 Å². The van der Waals surface area contributed by atoms with Gasteiger partial charge in [-0.15, -0.1) is 0 Å². The van der Waals surface area contributed by atoms with Crippen molar-refractivity contribution in [1.29, 1.82) is 0 Å². The molecule has 0 unspecified atom stereocenters. The third kappa shape index (κ3) is 1.24. The van der Waals surface area contributed by atoms with E-state index in [2.05, 4.69) is 9.79 Å². The molecule has 0 aliphatic heterocycles. The number of benzene rings is 1. The van der Waals surface area contributed by atoms with Crippen molar-refractivity contribution < 1.29 is 14.3 Å². The lowest BCUT2D eigenvalue weighted by Gasteiger charge is -1.90. The number of hydrogen-bond acceptors (Lipinski definition) is 4. The summed E-state index contributed by atoms with van der Waals surface area (Å²) in [5, 5.41) is 14.4. The van der Waals surface area contributed by atoms with Crippen molar-refractivity contribution in [2.45, 2.75) is 0 Å². The Morgan fingerprint density at radius 2 is 2.07 bits per heavy atom. The second-order valence-corrected chi connectivity index (χ2v) is 2.65. The largest absolute Gasteiger partial charge is 0.359 e. The van der Waals surface area contributed by atoms with Gasteiger partial charge in [0.1, 0.15) is 0 Å². The van der Waals surface area contributed by atoms with Gasteiger partial charge < -0.3 is 5.21 Å². The third-order valence-corrected chi connectivity index (χ3v) is 1.80. The minimum atomic E-state index is -0.115. The first-order valence-electron chi connectivity index (χ1n) is 3.93. The molecule has 2 aromatic rings. The predicted octanol–water partition coefficient (Wildman–Crippen LogP) is 0.787. The summed E-state index contributed by atoms with van der Waals surface area (Å²) < 4.78 is 4.32. The maximum Gasteiger partial charge on any atom is 0.266 e. The van der Waals surface area contributed by atoms with Gasteiger partial charge in [0.25, 0.3) is 11.4 Å². The number of aromatic nitrogens is 2. The highest BCUT2D eigenvalue weighted by Crippen LogP contribution is 2.17. The number of carbonyl (C=O) groups is 1. The van der Waals surface area contributed by atoms with E-state index in [-0.39, 0.29) is 16.3 Å². The monoisotopic (exact) mass is 192 g/mol. The van der Waals surface area contributed by atoms with Crippen molar-refractivity contribution in [3.63, 3.8) is 0 Å². The van der Waals surface area contributed by atoms with E-state index in [0.717, 1.165) is 0 Å². The molecule has 0 N–H and O–H groups in total. The summed E-state index contributed by atoms with van der Waals surface area (Å²) in [7, 11) is 0. The van der Waals surface area contributed by atoms with Crippen LogP contribution in [-0.4, -0.2) is 11.4 Å². The van der Waals surface area contributed by atoms with Crippen molar-refractivity contribution in [2.24, 2.45) is 0 Å². The van der Waals surface area contributed by atoms with Crippen LogP contribution in [0.25, 0.3) is 11.3 Å². The molecule has 0 amide bonds. The lowest BCUT2D eigenvalue weighted by Crippen LogP contribution is -2.27. The first-order chi connectivity index (χ1) is 6.83. The van der Waals surface area contributed by atoms with Crippen molar-refractivity contribution in [3.05, 3.63) is 41.2 Å². The molecular formula is C9H6N2O3. The molecule has 0 bridgehead atoms. The van der Waals surface area contributed by atoms with Crippen molar-refractivity contribution >= 4 is 6.29 Å². The first kappa shape index (κ1) is 8.43. The molecule has 1 heterocycles. The average Bonchev–Trinajstić information content (AvgIpc) is 2.61. The fraction of sp³-hybridized carbons (Fsp3) is 0. The normalized spacial score (nSPS) is 10.0. The fourth-order valence-corrected chi connectivity index (χ4v) is 1.15. The van der Waals surface area contributed by atoms with Crippen LogP contribution in [0.1, 0.15) is 10.5 Å². The Labute approximate surface area is 79.1 Å². The van der Waals surface area contributed by atoms with Crippen LogP contribution in [0.4, 0.5) is 0 Å². The second-order valence-electron chi connectivity index (χ2n) is 2.65. The van der Waals surface area contributed by atoms with E-state index in [1.807, 2.05) is 6.07 Å². The van der Waals surface area contributed by atoms with Crippen LogP contribution < -0.4 is 4.90 Å². The van der Waals surface area contributed by atoms with Crippen LogP contribution in [0, 0.1) is 5.21 Å². The molecule has 0 fully saturated rings. The molecule has 0 saturated carbocycles. The van der Waals surface area contributed by atoms with Crippen molar-refractivity contribution in [3.8, 4) is 11.3 Å². The maximum absolute atomic E-state index is 10.9. The Kier molecular flexibility index (Phi) is 1.98. The van der Waals surface area contributed by atoms with Crippen molar-refractivity contribution in [1.82, 2.24) is 5.16 Å². The molecule has 5 nitrogen and oxygen atoms in total. The van der Waals surface area contributed by atoms with E-state index in [9.17, 15) is 10.0 Å². The maximum atomic E-state index is 10.9. The van der Waals surface area contributed by atoms with E-state index in [4.69, 9.17) is 0 Å². The molecule has 0 atom stereocenters. The Bertz CT molecular complexity index is 450. The van der Waals surface area contributed by atoms with E-state index in [0.29, 0.717) is 11.8 Å². The highest BCUT2D eigenvalue weighted by Gasteiger charge is 2.19. The zero-order valence-electron chi connectivity index (χ0n) is 7.08. The molecule has 0 aliphatic carbocycles. The Hall–Kier alpha value is -2.17. The lowest BCUT2D eigenvalue weighted by molar-refractivity contribution is -0.803. The van der Waals surface area contributed by atoms with E-state index < -0.39 is 0 Å². The molecule has 1 aromatic carbocycles. The smallest absolute Gasteiger partial charge is 0.266 e. The van der Waals surface area contributed by atoms with Gasteiger partial charge >= 0.3 is 0 Å². The average molecular weight is 192 g/mol. The number of carbonyl (C=O) groups excluding carboxylic acids is 1.